The molecule has 0 aliphatic carbocycles. The number of nitrogens with zero attached hydrogens (tertiary/aromatic N) is 2. The van der Waals surface area contributed by atoms with E-state index in [1.165, 1.54) is 0 Å². The monoisotopic (exact) mass is 210 g/mol. The van der Waals surface area contributed by atoms with Crippen LogP contribution in [0.25, 0.3) is 0 Å². The second-order valence-corrected chi connectivity index (χ2v) is 4.84. The number of hydrogen-bond acceptors (Lipinski definition) is 4. The lowest BCUT2D eigenvalue weighted by Crippen LogP contribution is -2.54. The summed E-state index contributed by atoms with van der Waals surface area (Å²) < 4.78 is 11.4. The van der Waals surface area contributed by atoms with Crippen molar-refractivity contribution in [2.75, 3.05) is 13.2 Å². The Bertz CT molecular complexity index is 295. The Morgan fingerprint density at radius 1 is 1.00 bits per heavy atom. The molecule has 0 amide bonds. The van der Waals surface area contributed by atoms with E-state index in [1.54, 1.807) is 0 Å². The van der Waals surface area contributed by atoms with Crippen molar-refractivity contribution in [3.63, 3.8) is 0 Å². The molecule has 84 valence electrons. The van der Waals surface area contributed by atoms with E-state index in [2.05, 4.69) is 23.8 Å². The van der Waals surface area contributed by atoms with Gasteiger partial charge in [-0.05, 0) is 13.8 Å². The molecule has 0 spiro atoms. The molecular weight excluding hydrogens is 192 g/mol. The van der Waals surface area contributed by atoms with Crippen LogP contribution in [0.15, 0.2) is 9.98 Å². The molecule has 4 nitrogen and oxygen atoms in total. The van der Waals surface area contributed by atoms with Crippen LogP contribution in [-0.2, 0) is 9.47 Å². The Labute approximate surface area is 90.4 Å². The van der Waals surface area contributed by atoms with Gasteiger partial charge in [-0.2, -0.15) is 0 Å². The maximum absolute atomic E-state index is 5.71. The molecule has 2 aliphatic rings. The van der Waals surface area contributed by atoms with E-state index in [1.807, 2.05) is 26.3 Å². The molecule has 0 saturated carbocycles. The molecule has 4 heteroatoms. The second-order valence-electron chi connectivity index (χ2n) is 4.84. The molecule has 0 saturated heterocycles. The van der Waals surface area contributed by atoms with Crippen molar-refractivity contribution in [2.45, 2.75) is 39.1 Å². The van der Waals surface area contributed by atoms with Crippen LogP contribution >= 0.6 is 0 Å². The Balaban J connectivity index is 2.33. The van der Waals surface area contributed by atoms with Crippen LogP contribution in [0.1, 0.15) is 27.7 Å². The van der Waals surface area contributed by atoms with Gasteiger partial charge in [0.15, 0.2) is 11.4 Å². The number of ether oxygens (including phenoxy) is 2. The zero-order valence-electron chi connectivity index (χ0n) is 9.78. The van der Waals surface area contributed by atoms with Crippen LogP contribution < -0.4 is 0 Å². The van der Waals surface area contributed by atoms with E-state index in [9.17, 15) is 0 Å². The minimum Gasteiger partial charge on any atom is -0.348 e. The van der Waals surface area contributed by atoms with Gasteiger partial charge in [-0.1, -0.05) is 13.8 Å². The average Bonchev–Trinajstić information content (AvgIpc) is 2.76. The first-order valence-electron chi connectivity index (χ1n) is 5.27. The molecule has 0 aromatic rings. The van der Waals surface area contributed by atoms with Crippen molar-refractivity contribution in [1.29, 1.82) is 0 Å². The first-order chi connectivity index (χ1) is 6.91. The smallest absolute Gasteiger partial charge is 0.166 e. The first kappa shape index (κ1) is 10.8. The minimum atomic E-state index is -0.552. The lowest BCUT2D eigenvalue weighted by atomic mass is 9.73. The molecule has 0 radical (unpaired) electrons. The summed E-state index contributed by atoms with van der Waals surface area (Å²) in [6.45, 7) is 9.27. The number of rotatable bonds is 2. The van der Waals surface area contributed by atoms with E-state index in [0.717, 1.165) is 0 Å². The van der Waals surface area contributed by atoms with Gasteiger partial charge in [0.1, 0.15) is 0 Å². The van der Waals surface area contributed by atoms with Crippen LogP contribution in [0.5, 0.6) is 0 Å². The standard InChI is InChI=1S/C11H18N2O2/c1-9(2,10(3)12-5-7-14-10)11(4)13-6-8-15-11/h5-6H,7-8H2,1-4H3/t10-,11-/m1/s1. The van der Waals surface area contributed by atoms with Crippen molar-refractivity contribution < 1.29 is 9.47 Å². The molecule has 2 aliphatic heterocycles. The lowest BCUT2D eigenvalue weighted by molar-refractivity contribution is -0.179. The zero-order chi connectivity index (χ0) is 11.2. The molecule has 2 heterocycles. The van der Waals surface area contributed by atoms with Gasteiger partial charge in [-0.15, -0.1) is 0 Å². The van der Waals surface area contributed by atoms with E-state index < -0.39 is 11.4 Å². The summed E-state index contributed by atoms with van der Waals surface area (Å²) in [5, 5.41) is 0. The highest BCUT2D eigenvalue weighted by molar-refractivity contribution is 5.62. The molecule has 2 atom stereocenters. The highest BCUT2D eigenvalue weighted by atomic mass is 16.5. The summed E-state index contributed by atoms with van der Waals surface area (Å²) in [6.07, 6.45) is 3.62. The molecule has 0 unspecified atom stereocenters. The highest BCUT2D eigenvalue weighted by Gasteiger charge is 2.57. The van der Waals surface area contributed by atoms with Crippen molar-refractivity contribution in [1.82, 2.24) is 0 Å². The Kier molecular flexibility index (Phi) is 2.24. The van der Waals surface area contributed by atoms with Crippen molar-refractivity contribution >= 4 is 12.4 Å². The van der Waals surface area contributed by atoms with Gasteiger partial charge in [0, 0.05) is 12.4 Å². The van der Waals surface area contributed by atoms with Crippen molar-refractivity contribution in [3.8, 4) is 0 Å². The van der Waals surface area contributed by atoms with E-state index in [-0.39, 0.29) is 5.41 Å². The highest BCUT2D eigenvalue weighted by Crippen LogP contribution is 2.48. The van der Waals surface area contributed by atoms with Gasteiger partial charge in [-0.3, -0.25) is 9.98 Å². The molecule has 0 aromatic heterocycles. The fourth-order valence-corrected chi connectivity index (χ4v) is 2.01. The van der Waals surface area contributed by atoms with Crippen LogP contribution in [0.3, 0.4) is 0 Å². The largest absolute Gasteiger partial charge is 0.348 e. The predicted molar refractivity (Wildman–Crippen MR) is 59.5 cm³/mol. The van der Waals surface area contributed by atoms with Crippen molar-refractivity contribution in [2.24, 2.45) is 15.4 Å². The third kappa shape index (κ3) is 1.35. The fourth-order valence-electron chi connectivity index (χ4n) is 2.01. The third-order valence-corrected chi connectivity index (χ3v) is 3.87. The Morgan fingerprint density at radius 3 is 1.67 bits per heavy atom. The molecule has 0 fully saturated rings. The molecule has 0 aromatic carbocycles. The van der Waals surface area contributed by atoms with Crippen LogP contribution in [0.4, 0.5) is 0 Å². The van der Waals surface area contributed by atoms with Crippen LogP contribution in [0.2, 0.25) is 0 Å². The van der Waals surface area contributed by atoms with Gasteiger partial charge >= 0.3 is 0 Å². The summed E-state index contributed by atoms with van der Waals surface area (Å²) in [7, 11) is 0. The number of hydrogen-bond donors (Lipinski definition) is 0. The lowest BCUT2D eigenvalue weighted by Gasteiger charge is -2.46. The maximum Gasteiger partial charge on any atom is 0.166 e. The van der Waals surface area contributed by atoms with Gasteiger partial charge in [-0.25, -0.2) is 0 Å². The molecular formula is C11H18N2O2. The summed E-state index contributed by atoms with van der Waals surface area (Å²) in [5.74, 6) is 0. The topological polar surface area (TPSA) is 43.2 Å². The quantitative estimate of drug-likeness (QED) is 0.695. The number of aliphatic imine (C=N–C) groups is 2. The normalized spacial score (nSPS) is 40.3. The minimum absolute atomic E-state index is 0.306. The summed E-state index contributed by atoms with van der Waals surface area (Å²) >= 11 is 0. The van der Waals surface area contributed by atoms with Gasteiger partial charge < -0.3 is 9.47 Å². The summed E-state index contributed by atoms with van der Waals surface area (Å²) in [5.41, 5.74) is -1.41. The molecule has 0 N–H and O–H groups in total. The van der Waals surface area contributed by atoms with E-state index in [4.69, 9.17) is 9.47 Å². The van der Waals surface area contributed by atoms with Gasteiger partial charge in [0.25, 0.3) is 0 Å². The Hall–Kier alpha value is -0.740. The SMILES string of the molecule is CC(C)([C@]1(C)N=CCO1)[C@]1(C)N=CCO1. The van der Waals surface area contributed by atoms with E-state index in [0.29, 0.717) is 13.2 Å². The third-order valence-electron chi connectivity index (χ3n) is 3.87. The predicted octanol–water partition coefficient (Wildman–Crippen LogP) is 1.65. The second kappa shape index (κ2) is 3.12. The van der Waals surface area contributed by atoms with E-state index >= 15 is 0 Å². The van der Waals surface area contributed by atoms with Crippen LogP contribution in [0, 0.1) is 5.41 Å². The van der Waals surface area contributed by atoms with Crippen molar-refractivity contribution in [3.05, 3.63) is 0 Å². The summed E-state index contributed by atoms with van der Waals surface area (Å²) in [4.78, 5) is 8.86. The van der Waals surface area contributed by atoms with Gasteiger partial charge in [0.05, 0.1) is 18.6 Å². The van der Waals surface area contributed by atoms with Gasteiger partial charge in [0.2, 0.25) is 0 Å². The maximum atomic E-state index is 5.71. The fraction of sp³-hybridized carbons (Fsp3) is 0.818. The molecule has 15 heavy (non-hydrogen) atoms. The summed E-state index contributed by atoms with van der Waals surface area (Å²) in [6, 6.07) is 0. The molecule has 0 bridgehead atoms. The molecule has 2 rings (SSSR count). The first-order valence-corrected chi connectivity index (χ1v) is 5.27. The van der Waals surface area contributed by atoms with Crippen LogP contribution in [-0.4, -0.2) is 37.1 Å². The Morgan fingerprint density at radius 2 is 1.40 bits per heavy atom. The zero-order valence-corrected chi connectivity index (χ0v) is 9.78. The average molecular weight is 210 g/mol.